The van der Waals surface area contributed by atoms with Crippen molar-refractivity contribution in [3.63, 3.8) is 0 Å². The maximum absolute atomic E-state index is 12.9. The lowest BCUT2D eigenvalue weighted by atomic mass is 10.1. The topological polar surface area (TPSA) is 97.4 Å². The van der Waals surface area contributed by atoms with Crippen molar-refractivity contribution in [3.8, 4) is 0 Å². The minimum atomic E-state index is -3.62. The number of piperidine rings is 1. The third kappa shape index (κ3) is 3.34. The van der Waals surface area contributed by atoms with Crippen LogP contribution in [-0.4, -0.2) is 48.9 Å². The monoisotopic (exact) mass is 328 g/mol. The number of nitrogens with two attached hydrogens (primary N) is 1. The second-order valence-corrected chi connectivity index (χ2v) is 7.52. The van der Waals surface area contributed by atoms with Gasteiger partial charge in [0.2, 0.25) is 10.0 Å². The molecular weight excluding hydrogens is 304 g/mol. The first-order valence-electron chi connectivity index (χ1n) is 7.56. The number of nitrogens with zero attached hydrogens (tertiary/aromatic N) is 2. The molecule has 1 aliphatic rings. The highest BCUT2D eigenvalue weighted by Gasteiger charge is 2.33. The molecule has 3 N–H and O–H groups in total. The lowest BCUT2D eigenvalue weighted by Gasteiger charge is -2.33. The van der Waals surface area contributed by atoms with Crippen molar-refractivity contribution in [2.75, 3.05) is 19.6 Å². The van der Waals surface area contributed by atoms with Gasteiger partial charge in [-0.3, -0.25) is 4.79 Å². The van der Waals surface area contributed by atoms with Crippen molar-refractivity contribution in [3.05, 3.63) is 18.0 Å². The van der Waals surface area contributed by atoms with Crippen LogP contribution in [0.1, 0.15) is 36.7 Å². The van der Waals surface area contributed by atoms with E-state index in [9.17, 15) is 13.2 Å². The predicted molar refractivity (Wildman–Crippen MR) is 84.0 cm³/mol. The molecule has 8 heteroatoms. The first-order chi connectivity index (χ1) is 10.4. The molecule has 0 unspecified atom stereocenters. The van der Waals surface area contributed by atoms with Crippen LogP contribution < -0.4 is 11.1 Å². The summed E-state index contributed by atoms with van der Waals surface area (Å²) in [5, 5.41) is 3.24. The molecule has 0 radical (unpaired) electrons. The zero-order valence-electron chi connectivity index (χ0n) is 13.1. The van der Waals surface area contributed by atoms with E-state index in [1.807, 2.05) is 6.92 Å². The summed E-state index contributed by atoms with van der Waals surface area (Å²) < 4.78 is 28.9. The third-order valence-corrected chi connectivity index (χ3v) is 5.92. The molecule has 0 saturated carbocycles. The van der Waals surface area contributed by atoms with Gasteiger partial charge in [-0.25, -0.2) is 8.42 Å². The highest BCUT2D eigenvalue weighted by atomic mass is 32.2. The Kier molecular flexibility index (Phi) is 5.25. The molecular formula is C14H24N4O3S. The molecule has 1 aromatic heterocycles. The Balaban J connectivity index is 2.36. The fourth-order valence-electron chi connectivity index (χ4n) is 2.87. The van der Waals surface area contributed by atoms with Gasteiger partial charge in [0.05, 0.1) is 0 Å². The SMILES string of the molecule is CCCN(C1CCNCC1)S(=O)(=O)c1cc(C(N)=O)n(C)c1. The number of sulfonamides is 1. The van der Waals surface area contributed by atoms with Crippen LogP contribution in [0.5, 0.6) is 0 Å². The van der Waals surface area contributed by atoms with Gasteiger partial charge < -0.3 is 15.6 Å². The van der Waals surface area contributed by atoms with E-state index in [4.69, 9.17) is 5.73 Å². The van der Waals surface area contributed by atoms with Crippen LogP contribution in [0.25, 0.3) is 0 Å². The second kappa shape index (κ2) is 6.80. The zero-order chi connectivity index (χ0) is 16.3. The fraction of sp³-hybridized carbons (Fsp3) is 0.643. The summed E-state index contributed by atoms with van der Waals surface area (Å²) in [4.78, 5) is 11.5. The number of hydrogen-bond donors (Lipinski definition) is 2. The van der Waals surface area contributed by atoms with Crippen LogP contribution >= 0.6 is 0 Å². The van der Waals surface area contributed by atoms with Gasteiger partial charge in [-0.2, -0.15) is 4.31 Å². The van der Waals surface area contributed by atoms with Crippen molar-refractivity contribution >= 4 is 15.9 Å². The fourth-order valence-corrected chi connectivity index (χ4v) is 4.72. The number of carbonyl (C=O) groups is 1. The van der Waals surface area contributed by atoms with E-state index >= 15 is 0 Å². The molecule has 124 valence electrons. The van der Waals surface area contributed by atoms with Crippen molar-refractivity contribution in [2.24, 2.45) is 12.8 Å². The van der Waals surface area contributed by atoms with E-state index in [1.54, 1.807) is 11.4 Å². The van der Waals surface area contributed by atoms with E-state index in [0.29, 0.717) is 6.54 Å². The maximum Gasteiger partial charge on any atom is 0.265 e. The lowest BCUT2D eigenvalue weighted by molar-refractivity contribution is 0.0992. The van der Waals surface area contributed by atoms with Crippen LogP contribution in [0.15, 0.2) is 17.2 Å². The average Bonchev–Trinajstić information content (AvgIpc) is 2.88. The normalized spacial score (nSPS) is 17.0. The number of aromatic nitrogens is 1. The lowest BCUT2D eigenvalue weighted by Crippen LogP contribution is -2.46. The van der Waals surface area contributed by atoms with Gasteiger partial charge in [-0.1, -0.05) is 6.92 Å². The Morgan fingerprint density at radius 2 is 2.09 bits per heavy atom. The maximum atomic E-state index is 12.9. The van der Waals surface area contributed by atoms with Crippen LogP contribution in [0.2, 0.25) is 0 Å². The molecule has 0 aromatic carbocycles. The molecule has 1 amide bonds. The molecule has 2 rings (SSSR count). The van der Waals surface area contributed by atoms with Crippen LogP contribution in [-0.2, 0) is 17.1 Å². The van der Waals surface area contributed by atoms with E-state index < -0.39 is 15.9 Å². The Bertz CT molecular complexity index is 633. The summed E-state index contributed by atoms with van der Waals surface area (Å²) in [6.45, 7) is 4.08. The molecule has 7 nitrogen and oxygen atoms in total. The molecule has 1 aliphatic heterocycles. The molecule has 0 atom stereocenters. The molecule has 1 fully saturated rings. The van der Waals surface area contributed by atoms with Crippen molar-refractivity contribution in [2.45, 2.75) is 37.1 Å². The quantitative estimate of drug-likeness (QED) is 0.783. The standard InChI is InChI=1S/C14H24N4O3S/c1-3-8-18(11-4-6-16-7-5-11)22(20,21)12-9-13(14(15)19)17(2)10-12/h9-11,16H,3-8H2,1-2H3,(H2,15,19). The number of rotatable bonds is 6. The first kappa shape index (κ1) is 17.0. The highest BCUT2D eigenvalue weighted by molar-refractivity contribution is 7.89. The molecule has 22 heavy (non-hydrogen) atoms. The number of nitrogens with one attached hydrogen (secondary N) is 1. The highest BCUT2D eigenvalue weighted by Crippen LogP contribution is 2.24. The summed E-state index contributed by atoms with van der Waals surface area (Å²) in [6.07, 6.45) is 3.81. The van der Waals surface area contributed by atoms with Gasteiger partial charge in [-0.15, -0.1) is 0 Å². The molecule has 1 saturated heterocycles. The van der Waals surface area contributed by atoms with Crippen LogP contribution in [0.4, 0.5) is 0 Å². The van der Waals surface area contributed by atoms with Crippen LogP contribution in [0, 0.1) is 0 Å². The minimum Gasteiger partial charge on any atom is -0.364 e. The molecule has 0 spiro atoms. The van der Waals surface area contributed by atoms with E-state index in [0.717, 1.165) is 32.4 Å². The van der Waals surface area contributed by atoms with Crippen molar-refractivity contribution in [1.29, 1.82) is 0 Å². The van der Waals surface area contributed by atoms with E-state index in [-0.39, 0.29) is 16.6 Å². The summed E-state index contributed by atoms with van der Waals surface area (Å²) in [7, 11) is -2.00. The van der Waals surface area contributed by atoms with Crippen LogP contribution in [0.3, 0.4) is 0 Å². The van der Waals surface area contributed by atoms with Gasteiger partial charge in [0.15, 0.2) is 0 Å². The van der Waals surface area contributed by atoms with Crippen molar-refractivity contribution in [1.82, 2.24) is 14.2 Å². The number of primary amides is 1. The van der Waals surface area contributed by atoms with Gasteiger partial charge >= 0.3 is 0 Å². The summed E-state index contributed by atoms with van der Waals surface area (Å²) in [6, 6.07) is 1.37. The number of carbonyl (C=O) groups excluding carboxylic acids is 1. The largest absolute Gasteiger partial charge is 0.364 e. The van der Waals surface area contributed by atoms with Gasteiger partial charge in [0, 0.05) is 25.8 Å². The minimum absolute atomic E-state index is 0.00318. The molecule has 0 bridgehead atoms. The third-order valence-electron chi connectivity index (χ3n) is 4.00. The summed E-state index contributed by atoms with van der Waals surface area (Å²) >= 11 is 0. The zero-order valence-corrected chi connectivity index (χ0v) is 13.9. The Morgan fingerprint density at radius 1 is 1.45 bits per heavy atom. The van der Waals surface area contributed by atoms with Gasteiger partial charge in [0.25, 0.3) is 5.91 Å². The number of amides is 1. The average molecular weight is 328 g/mol. The van der Waals surface area contributed by atoms with Crippen molar-refractivity contribution < 1.29 is 13.2 Å². The Morgan fingerprint density at radius 3 is 2.59 bits per heavy atom. The Hall–Kier alpha value is -1.38. The predicted octanol–water partition coefficient (Wildman–Crippen LogP) is 0.277. The Labute approximate surface area is 131 Å². The molecule has 1 aromatic rings. The summed E-state index contributed by atoms with van der Waals surface area (Å²) in [5.41, 5.74) is 5.47. The van der Waals surface area contributed by atoms with Gasteiger partial charge in [0.1, 0.15) is 10.6 Å². The smallest absolute Gasteiger partial charge is 0.265 e. The number of aryl methyl sites for hydroxylation is 1. The van der Waals surface area contributed by atoms with E-state index in [1.165, 1.54) is 16.8 Å². The molecule has 0 aliphatic carbocycles. The van der Waals surface area contributed by atoms with Gasteiger partial charge in [-0.05, 0) is 38.4 Å². The molecule has 2 heterocycles. The van der Waals surface area contributed by atoms with E-state index in [2.05, 4.69) is 5.32 Å². The second-order valence-electron chi connectivity index (χ2n) is 5.63. The first-order valence-corrected chi connectivity index (χ1v) is 9.00. The summed E-state index contributed by atoms with van der Waals surface area (Å²) in [5.74, 6) is -0.632. The number of hydrogen-bond acceptors (Lipinski definition) is 4.